The Morgan fingerprint density at radius 1 is 0.862 bits per heavy atom. The highest BCUT2D eigenvalue weighted by Gasteiger charge is 2.10. The highest BCUT2D eigenvalue weighted by atomic mass is 16.5. The lowest BCUT2D eigenvalue weighted by Gasteiger charge is -2.08. The SMILES string of the molecule is CC(=O)c1cccc(NC(=O)CCCC(=O)OCC(=O)Nc2ccc(C)cc2)c1. The minimum Gasteiger partial charge on any atom is -0.456 e. The van der Waals surface area contributed by atoms with Crippen LogP contribution in [0.4, 0.5) is 11.4 Å². The summed E-state index contributed by atoms with van der Waals surface area (Å²) < 4.78 is 4.92. The maximum absolute atomic E-state index is 12.0. The number of esters is 1. The molecule has 7 nitrogen and oxygen atoms in total. The van der Waals surface area contributed by atoms with Gasteiger partial charge in [0, 0.05) is 29.8 Å². The molecule has 0 heterocycles. The van der Waals surface area contributed by atoms with E-state index < -0.39 is 11.9 Å². The number of hydrogen-bond donors (Lipinski definition) is 2. The van der Waals surface area contributed by atoms with Crippen LogP contribution in [0, 0.1) is 6.92 Å². The van der Waals surface area contributed by atoms with Gasteiger partial charge in [0.2, 0.25) is 5.91 Å². The highest BCUT2D eigenvalue weighted by molar-refractivity contribution is 5.97. The fraction of sp³-hybridized carbons (Fsp3) is 0.273. The van der Waals surface area contributed by atoms with Crippen LogP contribution >= 0.6 is 0 Å². The van der Waals surface area contributed by atoms with Crippen molar-refractivity contribution in [3.05, 3.63) is 59.7 Å². The summed E-state index contributed by atoms with van der Waals surface area (Å²) in [4.78, 5) is 46.8. The third kappa shape index (κ3) is 7.96. The lowest BCUT2D eigenvalue weighted by molar-refractivity contribution is -0.147. The fourth-order valence-corrected chi connectivity index (χ4v) is 2.48. The van der Waals surface area contributed by atoms with E-state index in [2.05, 4.69) is 10.6 Å². The number of carbonyl (C=O) groups is 4. The van der Waals surface area contributed by atoms with Crippen LogP contribution in [0.25, 0.3) is 0 Å². The van der Waals surface area contributed by atoms with E-state index in [-0.39, 0.29) is 37.6 Å². The molecule has 2 aromatic carbocycles. The Morgan fingerprint density at radius 2 is 1.55 bits per heavy atom. The number of nitrogens with one attached hydrogen (secondary N) is 2. The van der Waals surface area contributed by atoms with Gasteiger partial charge in [0.05, 0.1) is 0 Å². The van der Waals surface area contributed by atoms with E-state index in [4.69, 9.17) is 4.74 Å². The number of anilines is 2. The molecule has 0 spiro atoms. The minimum absolute atomic E-state index is 0.0265. The Kier molecular flexibility index (Phi) is 8.09. The molecule has 0 aliphatic heterocycles. The Morgan fingerprint density at radius 3 is 2.24 bits per heavy atom. The molecule has 0 fully saturated rings. The molecule has 0 atom stereocenters. The molecule has 0 aliphatic carbocycles. The molecule has 0 unspecified atom stereocenters. The molecule has 0 saturated carbocycles. The molecule has 0 saturated heterocycles. The van der Waals surface area contributed by atoms with E-state index in [9.17, 15) is 19.2 Å². The molecule has 2 N–H and O–H groups in total. The number of benzene rings is 2. The quantitative estimate of drug-likeness (QED) is 0.499. The van der Waals surface area contributed by atoms with Gasteiger partial charge in [-0.1, -0.05) is 29.8 Å². The summed E-state index contributed by atoms with van der Waals surface area (Å²) in [5.41, 5.74) is 2.74. The van der Waals surface area contributed by atoms with Gasteiger partial charge in [-0.25, -0.2) is 0 Å². The zero-order valence-corrected chi connectivity index (χ0v) is 16.5. The van der Waals surface area contributed by atoms with Gasteiger partial charge in [-0.05, 0) is 44.5 Å². The van der Waals surface area contributed by atoms with Crippen molar-refractivity contribution < 1.29 is 23.9 Å². The summed E-state index contributed by atoms with van der Waals surface area (Å²) in [6.45, 7) is 3.02. The van der Waals surface area contributed by atoms with E-state index in [0.29, 0.717) is 16.9 Å². The van der Waals surface area contributed by atoms with Crippen molar-refractivity contribution >= 4 is 34.9 Å². The summed E-state index contributed by atoms with van der Waals surface area (Å²) in [6.07, 6.45) is 0.435. The van der Waals surface area contributed by atoms with Crippen LogP contribution in [0.15, 0.2) is 48.5 Å². The van der Waals surface area contributed by atoms with Crippen molar-refractivity contribution in [3.8, 4) is 0 Å². The molecule has 0 bridgehead atoms. The van der Waals surface area contributed by atoms with Crippen LogP contribution in [0.2, 0.25) is 0 Å². The second kappa shape index (κ2) is 10.8. The van der Waals surface area contributed by atoms with Crippen molar-refractivity contribution in [3.63, 3.8) is 0 Å². The maximum Gasteiger partial charge on any atom is 0.306 e. The Balaban J connectivity index is 1.65. The third-order valence-electron chi connectivity index (χ3n) is 4.04. The predicted octanol–water partition coefficient (Wildman–Crippen LogP) is 3.49. The van der Waals surface area contributed by atoms with Crippen LogP contribution in [-0.4, -0.2) is 30.2 Å². The Labute approximate surface area is 169 Å². The molecular formula is C22H24N2O5. The van der Waals surface area contributed by atoms with Gasteiger partial charge in [-0.2, -0.15) is 0 Å². The van der Waals surface area contributed by atoms with Gasteiger partial charge in [0.25, 0.3) is 5.91 Å². The van der Waals surface area contributed by atoms with Crippen molar-refractivity contribution in [2.24, 2.45) is 0 Å². The topological polar surface area (TPSA) is 102 Å². The minimum atomic E-state index is -0.546. The molecule has 0 aromatic heterocycles. The van der Waals surface area contributed by atoms with E-state index in [0.717, 1.165) is 5.56 Å². The van der Waals surface area contributed by atoms with Crippen LogP contribution in [0.5, 0.6) is 0 Å². The van der Waals surface area contributed by atoms with E-state index in [1.165, 1.54) is 6.92 Å². The van der Waals surface area contributed by atoms with Crippen molar-refractivity contribution in [1.82, 2.24) is 0 Å². The number of ether oxygens (including phenoxy) is 1. The molecular weight excluding hydrogens is 372 g/mol. The molecule has 7 heteroatoms. The number of Topliss-reactive ketones (excluding diaryl/α,β-unsaturated/α-hetero) is 1. The summed E-state index contributed by atoms with van der Waals surface area (Å²) in [7, 11) is 0. The van der Waals surface area contributed by atoms with E-state index in [1.807, 2.05) is 19.1 Å². The lowest BCUT2D eigenvalue weighted by Crippen LogP contribution is -2.21. The summed E-state index contributed by atoms with van der Waals surface area (Å²) in [5, 5.41) is 5.32. The summed E-state index contributed by atoms with van der Waals surface area (Å²) in [6, 6.07) is 13.9. The second-order valence-corrected chi connectivity index (χ2v) is 6.61. The maximum atomic E-state index is 12.0. The van der Waals surface area contributed by atoms with Gasteiger partial charge in [-0.15, -0.1) is 0 Å². The van der Waals surface area contributed by atoms with Crippen molar-refractivity contribution in [2.45, 2.75) is 33.1 Å². The Bertz CT molecular complexity index is 890. The number of hydrogen-bond acceptors (Lipinski definition) is 5. The molecule has 2 rings (SSSR count). The Hall–Kier alpha value is -3.48. The van der Waals surface area contributed by atoms with Gasteiger partial charge >= 0.3 is 5.97 Å². The molecule has 2 aromatic rings. The number of aryl methyl sites for hydroxylation is 1. The van der Waals surface area contributed by atoms with Crippen LogP contribution < -0.4 is 10.6 Å². The molecule has 2 amide bonds. The van der Waals surface area contributed by atoms with E-state index >= 15 is 0 Å². The highest BCUT2D eigenvalue weighted by Crippen LogP contribution is 2.12. The van der Waals surface area contributed by atoms with Crippen LogP contribution in [-0.2, 0) is 19.1 Å². The molecule has 152 valence electrons. The number of carbonyl (C=O) groups excluding carboxylic acids is 4. The zero-order chi connectivity index (χ0) is 21.2. The lowest BCUT2D eigenvalue weighted by atomic mass is 10.1. The predicted molar refractivity (Wildman–Crippen MR) is 110 cm³/mol. The van der Waals surface area contributed by atoms with Crippen molar-refractivity contribution in [2.75, 3.05) is 17.2 Å². The molecule has 0 radical (unpaired) electrons. The number of rotatable bonds is 9. The third-order valence-corrected chi connectivity index (χ3v) is 4.04. The summed E-state index contributed by atoms with van der Waals surface area (Å²) >= 11 is 0. The van der Waals surface area contributed by atoms with Crippen LogP contribution in [0.1, 0.15) is 42.1 Å². The first-order valence-electron chi connectivity index (χ1n) is 9.26. The smallest absolute Gasteiger partial charge is 0.306 e. The van der Waals surface area contributed by atoms with Crippen LogP contribution in [0.3, 0.4) is 0 Å². The van der Waals surface area contributed by atoms with Gasteiger partial charge in [-0.3, -0.25) is 19.2 Å². The zero-order valence-electron chi connectivity index (χ0n) is 16.5. The molecule has 29 heavy (non-hydrogen) atoms. The largest absolute Gasteiger partial charge is 0.456 e. The average Bonchev–Trinajstić information content (AvgIpc) is 2.68. The second-order valence-electron chi connectivity index (χ2n) is 6.61. The fourth-order valence-electron chi connectivity index (χ4n) is 2.48. The van der Waals surface area contributed by atoms with E-state index in [1.54, 1.807) is 36.4 Å². The number of amides is 2. The first-order chi connectivity index (χ1) is 13.8. The average molecular weight is 396 g/mol. The standard InChI is InChI=1S/C22H24N2O5/c1-15-9-11-18(12-10-15)23-21(27)14-29-22(28)8-4-7-20(26)24-19-6-3-5-17(13-19)16(2)25/h3,5-6,9-13H,4,7-8,14H2,1-2H3,(H,23,27)(H,24,26). The monoisotopic (exact) mass is 396 g/mol. The van der Waals surface area contributed by atoms with Gasteiger partial charge in [0.15, 0.2) is 12.4 Å². The van der Waals surface area contributed by atoms with Crippen molar-refractivity contribution in [1.29, 1.82) is 0 Å². The molecule has 0 aliphatic rings. The van der Waals surface area contributed by atoms with Gasteiger partial charge < -0.3 is 15.4 Å². The normalized spacial score (nSPS) is 10.1. The number of ketones is 1. The first kappa shape index (κ1) is 21.8. The first-order valence-corrected chi connectivity index (χ1v) is 9.26. The summed E-state index contributed by atoms with van der Waals surface area (Å²) in [5.74, 6) is -1.33. The van der Waals surface area contributed by atoms with Gasteiger partial charge in [0.1, 0.15) is 0 Å².